The molecule has 1 aliphatic carbocycles. The number of rotatable bonds is 8. The summed E-state index contributed by atoms with van der Waals surface area (Å²) in [5.41, 5.74) is 24.2. The highest BCUT2D eigenvalue weighted by Gasteiger charge is 2.30. The number of aromatic nitrogens is 1. The first kappa shape index (κ1) is 37.7. The molecule has 10 aromatic carbocycles. The number of hydrogen-bond donors (Lipinski definition) is 0. The minimum atomic E-state index is 0.247. The predicted octanol–water partition coefficient (Wildman–Crippen LogP) is 16.5. The van der Waals surface area contributed by atoms with E-state index in [0.717, 1.165) is 12.1 Å². The van der Waals surface area contributed by atoms with Crippen molar-refractivity contribution in [3.05, 3.63) is 270 Å². The lowest BCUT2D eigenvalue weighted by Crippen LogP contribution is -1.98. The van der Waals surface area contributed by atoms with Gasteiger partial charge in [-0.3, -0.25) is 0 Å². The van der Waals surface area contributed by atoms with Gasteiger partial charge >= 0.3 is 0 Å². The summed E-state index contributed by atoms with van der Waals surface area (Å²) in [6.45, 7) is 2.23. The van der Waals surface area contributed by atoms with Crippen LogP contribution in [0.15, 0.2) is 237 Å². The largest absolute Gasteiger partial charge is 0.309 e. The number of para-hydroxylation sites is 1. The monoisotopic (exact) mass is 815 g/mol. The van der Waals surface area contributed by atoms with Crippen molar-refractivity contribution >= 4 is 21.8 Å². The van der Waals surface area contributed by atoms with Crippen LogP contribution in [0.3, 0.4) is 0 Å². The Labute approximate surface area is 375 Å². The lowest BCUT2D eigenvalue weighted by atomic mass is 9.87. The number of hydrogen-bond acceptors (Lipinski definition) is 0. The maximum Gasteiger partial charge on any atom is 0.0541 e. The zero-order chi connectivity index (χ0) is 42.6. The van der Waals surface area contributed by atoms with Crippen molar-refractivity contribution in [1.82, 2.24) is 4.57 Å². The van der Waals surface area contributed by atoms with Crippen LogP contribution in [-0.4, -0.2) is 4.57 Å². The predicted molar refractivity (Wildman–Crippen MR) is 269 cm³/mol. The molecule has 0 spiro atoms. The second-order valence-corrected chi connectivity index (χ2v) is 17.3. The number of benzene rings is 10. The van der Waals surface area contributed by atoms with Crippen LogP contribution < -0.4 is 0 Å². The maximum atomic E-state index is 2.42. The van der Waals surface area contributed by atoms with Gasteiger partial charge in [0.2, 0.25) is 0 Å². The fourth-order valence-electron chi connectivity index (χ4n) is 10.3. The van der Waals surface area contributed by atoms with E-state index in [9.17, 15) is 0 Å². The molecule has 1 heterocycles. The second kappa shape index (κ2) is 15.7. The minimum Gasteiger partial charge on any atom is -0.309 e. The Hall–Kier alpha value is -8.00. The summed E-state index contributed by atoms with van der Waals surface area (Å²) >= 11 is 0. The third kappa shape index (κ3) is 6.57. The van der Waals surface area contributed by atoms with Crippen LogP contribution in [0.2, 0.25) is 0 Å². The molecular weight excluding hydrogens is 771 g/mol. The molecule has 0 N–H and O–H groups in total. The topological polar surface area (TPSA) is 4.93 Å². The van der Waals surface area contributed by atoms with Crippen LogP contribution in [0.25, 0.3) is 83.1 Å². The normalized spacial score (nSPS) is 13.0. The van der Waals surface area contributed by atoms with E-state index in [4.69, 9.17) is 0 Å². The van der Waals surface area contributed by atoms with E-state index in [1.54, 1.807) is 0 Å². The average molecular weight is 816 g/mol. The first-order chi connectivity index (χ1) is 31.6. The summed E-state index contributed by atoms with van der Waals surface area (Å²) in [4.78, 5) is 0. The van der Waals surface area contributed by atoms with Crippen molar-refractivity contribution in [2.75, 3.05) is 0 Å². The summed E-state index contributed by atoms with van der Waals surface area (Å²) in [7, 11) is 0. The first-order valence-corrected chi connectivity index (χ1v) is 22.4. The van der Waals surface area contributed by atoms with Crippen LogP contribution in [0.4, 0.5) is 0 Å². The lowest BCUT2D eigenvalue weighted by Gasteiger charge is -2.16. The Morgan fingerprint density at radius 1 is 0.359 bits per heavy atom. The van der Waals surface area contributed by atoms with Crippen molar-refractivity contribution in [2.45, 2.75) is 19.3 Å². The molecule has 1 aliphatic rings. The highest BCUT2D eigenvalue weighted by molar-refractivity contribution is 6.10. The molecular formula is C63H45N. The molecule has 1 unspecified atom stereocenters. The summed E-state index contributed by atoms with van der Waals surface area (Å²) in [5, 5.41) is 2.52. The van der Waals surface area contributed by atoms with E-state index < -0.39 is 0 Å². The molecule has 0 fully saturated rings. The van der Waals surface area contributed by atoms with Gasteiger partial charge in [0, 0.05) is 22.4 Å². The molecule has 1 heteroatoms. The zero-order valence-electron chi connectivity index (χ0n) is 35.7. The second-order valence-electron chi connectivity index (χ2n) is 17.3. The summed E-state index contributed by atoms with van der Waals surface area (Å²) in [6, 6.07) is 87.4. The Bertz CT molecular complexity index is 3500. The minimum absolute atomic E-state index is 0.247. The van der Waals surface area contributed by atoms with Gasteiger partial charge in [-0.05, 0) is 145 Å². The highest BCUT2D eigenvalue weighted by atomic mass is 15.0. The molecule has 11 aromatic rings. The Kier molecular flexibility index (Phi) is 9.27. The number of aryl methyl sites for hydroxylation is 1. The molecule has 1 nitrogen and oxygen atoms in total. The zero-order valence-corrected chi connectivity index (χ0v) is 35.7. The van der Waals surface area contributed by atoms with E-state index in [-0.39, 0.29) is 5.92 Å². The molecule has 0 amide bonds. The van der Waals surface area contributed by atoms with Crippen LogP contribution in [0, 0.1) is 6.92 Å². The number of nitrogens with zero attached hydrogens (tertiary/aromatic N) is 1. The highest BCUT2D eigenvalue weighted by Crippen LogP contribution is 2.49. The van der Waals surface area contributed by atoms with E-state index in [0.29, 0.717) is 0 Å². The van der Waals surface area contributed by atoms with Gasteiger partial charge in [0.15, 0.2) is 0 Å². The van der Waals surface area contributed by atoms with Gasteiger partial charge in [0.25, 0.3) is 0 Å². The molecule has 0 saturated carbocycles. The van der Waals surface area contributed by atoms with Crippen LogP contribution >= 0.6 is 0 Å². The summed E-state index contributed by atoms with van der Waals surface area (Å²) in [5.74, 6) is 0.247. The standard InChI is InChI=1S/C63H45N/c1-42-14-8-9-19-53(42)58-39-49(50-32-36-57-59(40-50)54-20-10-11-22-56(54)63(57)47-17-6-3-7-18-47)28-29-51(58)38-43-24-26-46(27-25-43)48-33-37-62-60(41-48)55-21-12-13-23-61(55)64(62)52-34-30-45(31-35-52)44-15-4-2-5-16-44/h2-37,39-41,63H,38H2,1H3. The Balaban J connectivity index is 0.864. The molecule has 0 radical (unpaired) electrons. The van der Waals surface area contributed by atoms with Gasteiger partial charge in [-0.2, -0.15) is 0 Å². The molecule has 1 atom stereocenters. The Morgan fingerprint density at radius 2 is 0.906 bits per heavy atom. The lowest BCUT2D eigenvalue weighted by molar-refractivity contribution is 1.02. The summed E-state index contributed by atoms with van der Waals surface area (Å²) in [6.07, 6.45) is 0.843. The van der Waals surface area contributed by atoms with E-state index in [1.165, 1.54) is 111 Å². The van der Waals surface area contributed by atoms with Crippen LogP contribution in [-0.2, 0) is 6.42 Å². The van der Waals surface area contributed by atoms with Crippen molar-refractivity contribution < 1.29 is 0 Å². The van der Waals surface area contributed by atoms with Crippen molar-refractivity contribution in [3.63, 3.8) is 0 Å². The summed E-state index contributed by atoms with van der Waals surface area (Å²) < 4.78 is 2.40. The van der Waals surface area contributed by atoms with Gasteiger partial charge in [-0.15, -0.1) is 0 Å². The quantitative estimate of drug-likeness (QED) is 0.144. The van der Waals surface area contributed by atoms with Crippen LogP contribution in [0.5, 0.6) is 0 Å². The average Bonchev–Trinajstić information content (AvgIpc) is 3.87. The van der Waals surface area contributed by atoms with Gasteiger partial charge in [0.05, 0.1) is 11.0 Å². The molecule has 12 rings (SSSR count). The van der Waals surface area contributed by atoms with Gasteiger partial charge in [0.1, 0.15) is 0 Å². The van der Waals surface area contributed by atoms with E-state index in [1.807, 2.05) is 0 Å². The maximum absolute atomic E-state index is 2.42. The van der Waals surface area contributed by atoms with Crippen LogP contribution in [0.1, 0.15) is 39.3 Å². The third-order valence-corrected chi connectivity index (χ3v) is 13.5. The van der Waals surface area contributed by atoms with Gasteiger partial charge in [-0.1, -0.05) is 194 Å². The molecule has 64 heavy (non-hydrogen) atoms. The fourth-order valence-corrected chi connectivity index (χ4v) is 10.3. The fraction of sp³-hybridized carbons (Fsp3) is 0.0476. The molecule has 302 valence electrons. The van der Waals surface area contributed by atoms with E-state index in [2.05, 4.69) is 248 Å². The van der Waals surface area contributed by atoms with Crippen molar-refractivity contribution in [1.29, 1.82) is 0 Å². The SMILES string of the molecule is Cc1ccccc1-c1cc(-c2ccc3c(c2)-c2ccccc2C3c2ccccc2)ccc1Cc1ccc(-c2ccc3c(c2)c2ccccc2n3-c2ccc(-c3ccccc3)cc2)cc1. The van der Waals surface area contributed by atoms with Gasteiger partial charge in [-0.25, -0.2) is 0 Å². The molecule has 0 aliphatic heterocycles. The molecule has 1 aromatic heterocycles. The third-order valence-electron chi connectivity index (χ3n) is 13.5. The number of fused-ring (bicyclic) bond motifs is 6. The Morgan fingerprint density at radius 3 is 1.70 bits per heavy atom. The van der Waals surface area contributed by atoms with E-state index >= 15 is 0 Å². The molecule has 0 bridgehead atoms. The van der Waals surface area contributed by atoms with Crippen molar-refractivity contribution in [2.24, 2.45) is 0 Å². The molecule has 0 saturated heterocycles. The van der Waals surface area contributed by atoms with Crippen molar-refractivity contribution in [3.8, 4) is 61.3 Å². The smallest absolute Gasteiger partial charge is 0.0541 e. The first-order valence-electron chi connectivity index (χ1n) is 22.4. The van der Waals surface area contributed by atoms with Gasteiger partial charge < -0.3 is 4.57 Å².